The molecule has 2 aromatic carbocycles. The molecule has 5 heteroatoms. The van der Waals surface area contributed by atoms with Gasteiger partial charge in [0.2, 0.25) is 5.91 Å². The van der Waals surface area contributed by atoms with Gasteiger partial charge in [-0.1, -0.05) is 37.3 Å². The van der Waals surface area contributed by atoms with Crippen LogP contribution in [-0.4, -0.2) is 32.5 Å². The van der Waals surface area contributed by atoms with Gasteiger partial charge in [0, 0.05) is 19.3 Å². The van der Waals surface area contributed by atoms with Crippen molar-refractivity contribution in [3.8, 4) is 0 Å². The van der Waals surface area contributed by atoms with E-state index in [9.17, 15) is 9.59 Å². The molecule has 2 rings (SSSR count). The molecule has 0 bridgehead atoms. The zero-order chi connectivity index (χ0) is 22.1. The number of anilines is 1. The van der Waals surface area contributed by atoms with Gasteiger partial charge in [0.15, 0.2) is 0 Å². The molecule has 1 unspecified atom stereocenters. The van der Waals surface area contributed by atoms with Crippen molar-refractivity contribution in [3.05, 3.63) is 70.9 Å². The van der Waals surface area contributed by atoms with E-state index in [-0.39, 0.29) is 12.3 Å². The number of carbonyl (C=O) groups excluding carboxylic acids is 2. The highest BCUT2D eigenvalue weighted by atomic mass is 16.1. The van der Waals surface area contributed by atoms with Crippen LogP contribution in [0.4, 0.5) is 11.4 Å². The van der Waals surface area contributed by atoms with Gasteiger partial charge in [-0.05, 0) is 67.8 Å². The molecule has 0 saturated carbocycles. The van der Waals surface area contributed by atoms with E-state index in [1.54, 1.807) is 7.05 Å². The second-order valence-corrected chi connectivity index (χ2v) is 7.48. The van der Waals surface area contributed by atoms with Crippen LogP contribution in [0.5, 0.6) is 0 Å². The van der Waals surface area contributed by atoms with E-state index >= 15 is 0 Å². The molecule has 0 aliphatic rings. The summed E-state index contributed by atoms with van der Waals surface area (Å²) in [6, 6.07) is 14.4. The maximum absolute atomic E-state index is 12.1. The average molecular weight is 406 g/mol. The lowest BCUT2D eigenvalue weighted by Crippen LogP contribution is -2.29. The first-order valence-electron chi connectivity index (χ1n) is 10.2. The van der Waals surface area contributed by atoms with E-state index in [4.69, 9.17) is 0 Å². The lowest BCUT2D eigenvalue weighted by atomic mass is 9.97. The van der Waals surface area contributed by atoms with Crippen molar-refractivity contribution in [3.63, 3.8) is 0 Å². The van der Waals surface area contributed by atoms with Gasteiger partial charge in [-0.3, -0.25) is 14.6 Å². The monoisotopic (exact) mass is 405 g/mol. The van der Waals surface area contributed by atoms with Gasteiger partial charge in [0.05, 0.1) is 17.8 Å². The molecule has 5 nitrogen and oxygen atoms in total. The van der Waals surface area contributed by atoms with Crippen LogP contribution >= 0.6 is 0 Å². The van der Waals surface area contributed by atoms with Gasteiger partial charge < -0.3 is 10.2 Å². The molecular weight excluding hydrogens is 374 g/mol. The van der Waals surface area contributed by atoms with Crippen molar-refractivity contribution in [2.45, 2.75) is 39.5 Å². The van der Waals surface area contributed by atoms with Crippen molar-refractivity contribution in [1.29, 1.82) is 0 Å². The highest BCUT2D eigenvalue weighted by Gasteiger charge is 2.20. The van der Waals surface area contributed by atoms with Crippen molar-refractivity contribution in [1.82, 2.24) is 5.32 Å². The third-order valence-corrected chi connectivity index (χ3v) is 5.43. The predicted molar refractivity (Wildman–Crippen MR) is 125 cm³/mol. The van der Waals surface area contributed by atoms with Crippen molar-refractivity contribution in [2.24, 2.45) is 4.99 Å². The van der Waals surface area contributed by atoms with E-state index in [0.717, 1.165) is 35.2 Å². The maximum Gasteiger partial charge on any atom is 0.225 e. The highest BCUT2D eigenvalue weighted by Crippen LogP contribution is 2.35. The first kappa shape index (κ1) is 23.1. The largest absolute Gasteiger partial charge is 0.359 e. The fourth-order valence-corrected chi connectivity index (χ4v) is 3.39. The van der Waals surface area contributed by atoms with E-state index < -0.39 is 0 Å². The zero-order valence-electron chi connectivity index (χ0n) is 18.3. The number of nitrogens with one attached hydrogen (secondary N) is 1. The smallest absolute Gasteiger partial charge is 0.225 e. The Kier molecular flexibility index (Phi) is 8.54. The van der Waals surface area contributed by atoms with Crippen molar-refractivity contribution < 1.29 is 9.59 Å². The normalized spacial score (nSPS) is 12.2. The number of aldehydes is 1. The first-order chi connectivity index (χ1) is 14.4. The van der Waals surface area contributed by atoms with E-state index in [2.05, 4.69) is 42.1 Å². The molecular formula is C25H31N3O2. The summed E-state index contributed by atoms with van der Waals surface area (Å²) in [7, 11) is 1.59. The summed E-state index contributed by atoms with van der Waals surface area (Å²) >= 11 is 0. The Labute approximate surface area is 179 Å². The SMILES string of the molecule is C=Nc1cc(C)c(C)cc1N(CCC(C)c1ccccc1)/C(=C/C=O)CC(=O)NC. The Bertz CT molecular complexity index is 919. The van der Waals surface area contributed by atoms with Crippen LogP contribution in [0.3, 0.4) is 0 Å². The molecule has 0 fully saturated rings. The lowest BCUT2D eigenvalue weighted by Gasteiger charge is -2.30. The van der Waals surface area contributed by atoms with Crippen LogP contribution in [0, 0.1) is 13.8 Å². The standard InChI is InChI=1S/C25H31N3O2/c1-18(21-9-7-6-8-10-21)11-13-28(22(12-14-29)17-25(30)27-5)24-16-20(3)19(2)15-23(24)26-4/h6-10,12,14-16,18H,4,11,13,17H2,1-3,5H3,(H,27,30)/b22-12+. The number of hydrogen-bond donors (Lipinski definition) is 1. The second-order valence-electron chi connectivity index (χ2n) is 7.48. The van der Waals surface area contributed by atoms with Crippen LogP contribution in [0.1, 0.15) is 42.4 Å². The minimum absolute atomic E-state index is 0.110. The van der Waals surface area contributed by atoms with Gasteiger partial charge in [0.1, 0.15) is 6.29 Å². The number of carbonyl (C=O) groups is 2. The fraction of sp³-hybridized carbons (Fsp3) is 0.320. The minimum atomic E-state index is -0.152. The van der Waals surface area contributed by atoms with E-state index in [1.807, 2.05) is 43.0 Å². The highest BCUT2D eigenvalue weighted by molar-refractivity contribution is 5.83. The Morgan fingerprint density at radius 3 is 2.47 bits per heavy atom. The summed E-state index contributed by atoms with van der Waals surface area (Å²) in [4.78, 5) is 29.8. The number of aryl methyl sites for hydroxylation is 2. The third kappa shape index (κ3) is 5.89. The molecule has 2 aromatic rings. The summed E-state index contributed by atoms with van der Waals surface area (Å²) < 4.78 is 0. The van der Waals surface area contributed by atoms with Crippen molar-refractivity contribution >= 4 is 30.3 Å². The molecule has 1 N–H and O–H groups in total. The first-order valence-corrected chi connectivity index (χ1v) is 10.2. The van der Waals surface area contributed by atoms with Gasteiger partial charge in [-0.25, -0.2) is 0 Å². The summed E-state index contributed by atoms with van der Waals surface area (Å²) in [5, 5.41) is 2.64. The number of hydrogen-bond acceptors (Lipinski definition) is 4. The minimum Gasteiger partial charge on any atom is -0.359 e. The molecule has 0 aliphatic carbocycles. The third-order valence-electron chi connectivity index (χ3n) is 5.43. The zero-order valence-corrected chi connectivity index (χ0v) is 18.3. The number of aliphatic imine (C=N–C) groups is 1. The van der Waals surface area contributed by atoms with Crippen LogP contribution in [0.15, 0.2) is 59.2 Å². The molecule has 0 aromatic heterocycles. The average Bonchev–Trinajstić information content (AvgIpc) is 2.76. The number of amides is 1. The molecule has 1 amide bonds. The number of nitrogens with zero attached hydrogens (tertiary/aromatic N) is 2. The predicted octanol–water partition coefficient (Wildman–Crippen LogP) is 4.85. The van der Waals surface area contributed by atoms with Crippen LogP contribution in [-0.2, 0) is 9.59 Å². The molecule has 0 spiro atoms. The van der Waals surface area contributed by atoms with Gasteiger partial charge in [-0.15, -0.1) is 0 Å². The van der Waals surface area contributed by atoms with Crippen LogP contribution in [0.25, 0.3) is 0 Å². The molecule has 30 heavy (non-hydrogen) atoms. The Hall–Kier alpha value is -3.21. The fourth-order valence-electron chi connectivity index (χ4n) is 3.39. The maximum atomic E-state index is 12.1. The molecule has 0 heterocycles. The summed E-state index contributed by atoms with van der Waals surface area (Å²) in [6.07, 6.45) is 3.15. The lowest BCUT2D eigenvalue weighted by molar-refractivity contribution is -0.119. The quantitative estimate of drug-likeness (QED) is 0.349. The van der Waals surface area contributed by atoms with Crippen molar-refractivity contribution in [2.75, 3.05) is 18.5 Å². The van der Waals surface area contributed by atoms with E-state index in [0.29, 0.717) is 18.2 Å². The Morgan fingerprint density at radius 1 is 1.20 bits per heavy atom. The van der Waals surface area contributed by atoms with E-state index in [1.165, 1.54) is 11.6 Å². The summed E-state index contributed by atoms with van der Waals surface area (Å²) in [5.41, 5.74) is 5.71. The Balaban J connectivity index is 2.45. The molecule has 158 valence electrons. The summed E-state index contributed by atoms with van der Waals surface area (Å²) in [5.74, 6) is 0.166. The van der Waals surface area contributed by atoms with Gasteiger partial charge in [-0.2, -0.15) is 0 Å². The topological polar surface area (TPSA) is 61.8 Å². The number of allylic oxidation sites excluding steroid dienone is 1. The molecule has 1 atom stereocenters. The summed E-state index contributed by atoms with van der Waals surface area (Å²) in [6.45, 7) is 10.6. The molecule has 0 saturated heterocycles. The van der Waals surface area contributed by atoms with Gasteiger partial charge in [0.25, 0.3) is 0 Å². The molecule has 0 radical (unpaired) electrons. The number of benzene rings is 2. The van der Waals surface area contributed by atoms with Crippen LogP contribution in [0.2, 0.25) is 0 Å². The second kappa shape index (κ2) is 11.1. The molecule has 0 aliphatic heterocycles. The number of rotatable bonds is 10. The Morgan fingerprint density at radius 2 is 1.87 bits per heavy atom. The van der Waals surface area contributed by atoms with Gasteiger partial charge >= 0.3 is 0 Å². The van der Waals surface area contributed by atoms with Crippen LogP contribution < -0.4 is 10.2 Å².